The summed E-state index contributed by atoms with van der Waals surface area (Å²) in [6.07, 6.45) is 1.54. The smallest absolute Gasteiger partial charge is 0.315 e. The summed E-state index contributed by atoms with van der Waals surface area (Å²) in [7, 11) is 1.37. The third-order valence-corrected chi connectivity index (χ3v) is 6.47. The maximum atomic E-state index is 12.4. The molecule has 3 rings (SSSR count). The molecule has 2 aromatic carbocycles. The van der Waals surface area contributed by atoms with Gasteiger partial charge in [-0.25, -0.2) is 0 Å². The Labute approximate surface area is 198 Å². The van der Waals surface area contributed by atoms with Gasteiger partial charge in [0.05, 0.1) is 16.9 Å². The summed E-state index contributed by atoms with van der Waals surface area (Å²) >= 11 is 18.7. The van der Waals surface area contributed by atoms with Crippen molar-refractivity contribution >= 4 is 69.2 Å². The van der Waals surface area contributed by atoms with Crippen LogP contribution >= 0.6 is 47.2 Å². The lowest BCUT2D eigenvalue weighted by Crippen LogP contribution is -2.27. The first kappa shape index (κ1) is 23.3. The fourth-order valence-electron chi connectivity index (χ4n) is 2.86. The van der Waals surface area contributed by atoms with Gasteiger partial charge in [-0.05, 0) is 36.8 Å². The number of hydrogen-bond acceptors (Lipinski definition) is 7. The molecular weight excluding hydrogens is 483 g/mol. The van der Waals surface area contributed by atoms with E-state index in [1.54, 1.807) is 30.3 Å². The van der Waals surface area contributed by atoms with Gasteiger partial charge in [0.1, 0.15) is 10.9 Å². The van der Waals surface area contributed by atoms with Gasteiger partial charge in [-0.3, -0.25) is 19.8 Å². The normalized spacial score (nSPS) is 15.0. The summed E-state index contributed by atoms with van der Waals surface area (Å²) in [4.78, 5) is 25.4. The molecule has 1 fully saturated rings. The zero-order valence-corrected chi connectivity index (χ0v) is 19.5. The van der Waals surface area contributed by atoms with Crippen molar-refractivity contribution in [2.75, 3.05) is 13.7 Å². The van der Waals surface area contributed by atoms with Crippen molar-refractivity contribution in [3.05, 3.63) is 66.5 Å². The number of carbonyl (C=O) groups is 1. The lowest BCUT2D eigenvalue weighted by molar-refractivity contribution is -0.386. The number of carbonyl (C=O) groups excluding carboxylic acids is 1. The van der Waals surface area contributed by atoms with Gasteiger partial charge in [-0.2, -0.15) is 0 Å². The monoisotopic (exact) mass is 498 g/mol. The molecule has 0 atom stereocenters. The fourth-order valence-corrected chi connectivity index (χ4v) is 4.75. The number of nitrogens with zero attached hydrogens (tertiary/aromatic N) is 2. The number of nitro groups is 1. The van der Waals surface area contributed by atoms with Crippen LogP contribution in [0.1, 0.15) is 18.1 Å². The van der Waals surface area contributed by atoms with Crippen LogP contribution in [0.4, 0.5) is 5.69 Å². The van der Waals surface area contributed by atoms with E-state index in [1.165, 1.54) is 18.1 Å². The van der Waals surface area contributed by atoms with Crippen molar-refractivity contribution in [1.29, 1.82) is 0 Å². The average molecular weight is 499 g/mol. The van der Waals surface area contributed by atoms with Crippen LogP contribution in [0, 0.1) is 10.1 Å². The summed E-state index contributed by atoms with van der Waals surface area (Å²) in [6.45, 7) is 2.17. The summed E-state index contributed by atoms with van der Waals surface area (Å²) in [5, 5.41) is 12.5. The van der Waals surface area contributed by atoms with Crippen LogP contribution in [0.3, 0.4) is 0 Å². The maximum absolute atomic E-state index is 12.4. The Bertz CT molecular complexity index is 1090. The quantitative estimate of drug-likeness (QED) is 0.209. The number of nitro benzene ring substituents is 1. The SMILES string of the molecule is CCN1C(=O)C(=Cc2cc(OC)c(OCc3c(Cl)cccc3Cl)c([N+](=O)[O-])c2)SC1=S. The minimum absolute atomic E-state index is 0.0678. The molecule has 1 amide bonds. The van der Waals surface area contributed by atoms with E-state index in [-0.39, 0.29) is 29.7 Å². The average Bonchev–Trinajstić information content (AvgIpc) is 2.99. The van der Waals surface area contributed by atoms with E-state index in [9.17, 15) is 14.9 Å². The number of methoxy groups -OCH3 is 1. The van der Waals surface area contributed by atoms with Gasteiger partial charge in [0, 0.05) is 28.2 Å². The number of benzene rings is 2. The number of likely N-dealkylation sites (N-methyl/N-ethyl adjacent to an activating group) is 1. The molecule has 0 aromatic heterocycles. The molecule has 1 heterocycles. The minimum Gasteiger partial charge on any atom is -0.493 e. The number of amides is 1. The molecule has 2 aromatic rings. The highest BCUT2D eigenvalue weighted by Crippen LogP contribution is 2.41. The van der Waals surface area contributed by atoms with Crippen LogP contribution in [0.5, 0.6) is 11.5 Å². The van der Waals surface area contributed by atoms with Crippen molar-refractivity contribution in [2.45, 2.75) is 13.5 Å². The third-order valence-electron chi connectivity index (χ3n) is 4.38. The first-order valence-corrected chi connectivity index (χ1v) is 10.9. The summed E-state index contributed by atoms with van der Waals surface area (Å²) in [5.74, 6) is -0.177. The molecule has 1 aliphatic heterocycles. The highest BCUT2D eigenvalue weighted by atomic mass is 35.5. The van der Waals surface area contributed by atoms with E-state index in [0.29, 0.717) is 36.9 Å². The fraction of sp³-hybridized carbons (Fsp3) is 0.200. The molecule has 0 bridgehead atoms. The lowest BCUT2D eigenvalue weighted by Gasteiger charge is -2.13. The van der Waals surface area contributed by atoms with Gasteiger partial charge in [-0.15, -0.1) is 0 Å². The highest BCUT2D eigenvalue weighted by molar-refractivity contribution is 8.26. The summed E-state index contributed by atoms with van der Waals surface area (Å²) in [6, 6.07) is 7.84. The second-order valence-electron chi connectivity index (χ2n) is 6.24. The van der Waals surface area contributed by atoms with Crippen LogP contribution in [0.25, 0.3) is 6.08 Å². The molecule has 0 N–H and O–H groups in total. The molecule has 162 valence electrons. The van der Waals surface area contributed by atoms with Gasteiger partial charge in [0.25, 0.3) is 5.91 Å². The van der Waals surface area contributed by atoms with E-state index < -0.39 is 4.92 Å². The first-order chi connectivity index (χ1) is 14.8. The summed E-state index contributed by atoms with van der Waals surface area (Å²) in [5.41, 5.74) is 0.581. The minimum atomic E-state index is -0.583. The van der Waals surface area contributed by atoms with Crippen LogP contribution in [0.15, 0.2) is 35.2 Å². The molecule has 31 heavy (non-hydrogen) atoms. The molecule has 0 spiro atoms. The predicted molar refractivity (Wildman–Crippen MR) is 126 cm³/mol. The number of thiocarbonyl (C=S) groups is 1. The first-order valence-electron chi connectivity index (χ1n) is 8.94. The van der Waals surface area contributed by atoms with Crippen molar-refractivity contribution in [3.63, 3.8) is 0 Å². The largest absolute Gasteiger partial charge is 0.493 e. The summed E-state index contributed by atoms with van der Waals surface area (Å²) < 4.78 is 11.5. The number of rotatable bonds is 7. The van der Waals surface area contributed by atoms with Crippen molar-refractivity contribution in [1.82, 2.24) is 4.90 Å². The molecule has 11 heteroatoms. The molecule has 0 unspecified atom stereocenters. The Balaban J connectivity index is 1.99. The van der Waals surface area contributed by atoms with Crippen molar-refractivity contribution < 1.29 is 19.2 Å². The Morgan fingerprint density at radius 1 is 1.29 bits per heavy atom. The van der Waals surface area contributed by atoms with Gasteiger partial charge >= 0.3 is 5.69 Å². The standard InChI is InChI=1S/C20H16Cl2N2O5S2/c1-3-23-19(25)17(31-20(23)30)9-11-7-15(24(26)27)18(16(8-11)28-2)29-10-12-13(21)5-4-6-14(12)22/h4-9H,3,10H2,1-2H3. The molecule has 0 saturated carbocycles. The second-order valence-corrected chi connectivity index (χ2v) is 8.73. The van der Waals surface area contributed by atoms with E-state index in [0.717, 1.165) is 11.8 Å². The zero-order chi connectivity index (χ0) is 22.7. The van der Waals surface area contributed by atoms with Gasteiger partial charge in [0.15, 0.2) is 5.75 Å². The van der Waals surface area contributed by atoms with Crippen LogP contribution in [0.2, 0.25) is 10.0 Å². The topological polar surface area (TPSA) is 81.9 Å². The van der Waals surface area contributed by atoms with Crippen LogP contribution in [-0.4, -0.2) is 33.7 Å². The highest BCUT2D eigenvalue weighted by Gasteiger charge is 2.31. The van der Waals surface area contributed by atoms with E-state index in [1.807, 2.05) is 6.92 Å². The predicted octanol–water partition coefficient (Wildman–Crippen LogP) is 5.71. The second kappa shape index (κ2) is 9.86. The Morgan fingerprint density at radius 2 is 1.97 bits per heavy atom. The third kappa shape index (κ3) is 4.95. The number of hydrogen-bond donors (Lipinski definition) is 0. The van der Waals surface area contributed by atoms with Gasteiger partial charge in [-0.1, -0.05) is 53.2 Å². The zero-order valence-electron chi connectivity index (χ0n) is 16.4. The van der Waals surface area contributed by atoms with Gasteiger partial charge in [0.2, 0.25) is 5.75 Å². The van der Waals surface area contributed by atoms with Gasteiger partial charge < -0.3 is 9.47 Å². The Hall–Kier alpha value is -2.33. The number of thioether (sulfide) groups is 1. The van der Waals surface area contributed by atoms with Crippen LogP contribution in [-0.2, 0) is 11.4 Å². The molecule has 1 saturated heterocycles. The molecule has 7 nitrogen and oxygen atoms in total. The molecule has 1 aliphatic rings. The number of halogens is 2. The Morgan fingerprint density at radius 3 is 2.52 bits per heavy atom. The Kier molecular flexibility index (Phi) is 7.42. The van der Waals surface area contributed by atoms with E-state index >= 15 is 0 Å². The maximum Gasteiger partial charge on any atom is 0.315 e. The lowest BCUT2D eigenvalue weighted by atomic mass is 10.1. The number of ether oxygens (including phenoxy) is 2. The van der Waals surface area contributed by atoms with E-state index in [2.05, 4.69) is 0 Å². The van der Waals surface area contributed by atoms with E-state index in [4.69, 9.17) is 44.9 Å². The van der Waals surface area contributed by atoms with Crippen LogP contribution < -0.4 is 9.47 Å². The van der Waals surface area contributed by atoms with Crippen molar-refractivity contribution in [2.24, 2.45) is 0 Å². The molecule has 0 aliphatic carbocycles. The van der Waals surface area contributed by atoms with Crippen molar-refractivity contribution in [3.8, 4) is 11.5 Å². The molecule has 0 radical (unpaired) electrons. The molecular formula is C20H16Cl2N2O5S2.